The molecule has 0 bridgehead atoms. The predicted molar refractivity (Wildman–Crippen MR) is 94.5 cm³/mol. The summed E-state index contributed by atoms with van der Waals surface area (Å²) in [6.07, 6.45) is 0.526. The number of nitrogens with one attached hydrogen (secondary N) is 1. The van der Waals surface area contributed by atoms with E-state index in [0.717, 1.165) is 5.56 Å². The van der Waals surface area contributed by atoms with E-state index in [0.29, 0.717) is 48.1 Å². The highest BCUT2D eigenvalue weighted by Gasteiger charge is 2.12. The van der Waals surface area contributed by atoms with E-state index in [2.05, 4.69) is 5.32 Å². The first kappa shape index (κ1) is 18.9. The normalized spacial score (nSPS) is 10.4. The maximum Gasteiger partial charge on any atom is 0.165 e. The second-order valence-electron chi connectivity index (χ2n) is 5.38. The molecule has 5 nitrogen and oxygen atoms in total. The third kappa shape index (κ3) is 4.54. The van der Waals surface area contributed by atoms with Gasteiger partial charge in [-0.15, -0.1) is 0 Å². The molecule has 2 aromatic carbocycles. The molecule has 0 aliphatic carbocycles. The van der Waals surface area contributed by atoms with Gasteiger partial charge in [0.15, 0.2) is 23.0 Å². The molecule has 1 N–H and O–H groups in total. The number of hydrogen-bond acceptors (Lipinski definition) is 5. The second kappa shape index (κ2) is 9.13. The van der Waals surface area contributed by atoms with Crippen LogP contribution in [0.5, 0.6) is 23.0 Å². The van der Waals surface area contributed by atoms with Gasteiger partial charge in [-0.2, -0.15) is 0 Å². The first-order chi connectivity index (χ1) is 12.1. The summed E-state index contributed by atoms with van der Waals surface area (Å²) in [5.41, 5.74) is 1.55. The number of rotatable bonds is 9. The van der Waals surface area contributed by atoms with E-state index in [1.807, 2.05) is 18.2 Å². The summed E-state index contributed by atoms with van der Waals surface area (Å²) < 4.78 is 35.1. The zero-order valence-electron chi connectivity index (χ0n) is 15.0. The maximum absolute atomic E-state index is 14.1. The second-order valence-corrected chi connectivity index (χ2v) is 5.38. The van der Waals surface area contributed by atoms with Crippen LogP contribution in [0.1, 0.15) is 11.1 Å². The van der Waals surface area contributed by atoms with Crippen LogP contribution >= 0.6 is 0 Å². The lowest BCUT2D eigenvalue weighted by molar-refractivity contribution is 0.350. The molecule has 0 aromatic heterocycles. The molecule has 0 saturated carbocycles. The maximum atomic E-state index is 14.1. The highest BCUT2D eigenvalue weighted by Crippen LogP contribution is 2.31. The Morgan fingerprint density at radius 2 is 1.52 bits per heavy atom. The highest BCUT2D eigenvalue weighted by atomic mass is 19.1. The average Bonchev–Trinajstić information content (AvgIpc) is 2.65. The summed E-state index contributed by atoms with van der Waals surface area (Å²) in [6.45, 7) is 1.20. The smallest absolute Gasteiger partial charge is 0.165 e. The number of halogens is 1. The predicted octanol–water partition coefficient (Wildman–Crippen LogP) is 3.19. The zero-order chi connectivity index (χ0) is 18.2. The van der Waals surface area contributed by atoms with E-state index in [9.17, 15) is 4.39 Å². The Labute approximate surface area is 147 Å². The Bertz CT molecular complexity index is 706. The van der Waals surface area contributed by atoms with Crippen LogP contribution in [-0.2, 0) is 13.0 Å². The summed E-state index contributed by atoms with van der Waals surface area (Å²) in [4.78, 5) is 0. The molecule has 0 unspecified atom stereocenters. The van der Waals surface area contributed by atoms with E-state index in [1.165, 1.54) is 20.3 Å². The number of ether oxygens (including phenoxy) is 4. The van der Waals surface area contributed by atoms with Gasteiger partial charge in [0.1, 0.15) is 5.82 Å². The van der Waals surface area contributed by atoms with Gasteiger partial charge < -0.3 is 24.3 Å². The van der Waals surface area contributed by atoms with Crippen molar-refractivity contribution in [2.45, 2.75) is 13.0 Å². The van der Waals surface area contributed by atoms with E-state index in [-0.39, 0.29) is 5.82 Å². The number of hydrogen-bond donors (Lipinski definition) is 1. The topological polar surface area (TPSA) is 49.0 Å². The minimum absolute atomic E-state index is 0.307. The highest BCUT2D eigenvalue weighted by molar-refractivity contribution is 5.46. The molecule has 0 heterocycles. The van der Waals surface area contributed by atoms with E-state index < -0.39 is 0 Å². The van der Waals surface area contributed by atoms with Gasteiger partial charge in [0.2, 0.25) is 0 Å². The van der Waals surface area contributed by atoms with Crippen molar-refractivity contribution < 1.29 is 23.3 Å². The van der Waals surface area contributed by atoms with Crippen LogP contribution in [-0.4, -0.2) is 35.0 Å². The molecule has 0 radical (unpaired) electrons. The lowest BCUT2D eigenvalue weighted by Crippen LogP contribution is -2.18. The van der Waals surface area contributed by atoms with Crippen molar-refractivity contribution in [1.29, 1.82) is 0 Å². The molecule has 2 rings (SSSR count). The Morgan fingerprint density at radius 1 is 0.840 bits per heavy atom. The van der Waals surface area contributed by atoms with Crippen LogP contribution in [0.2, 0.25) is 0 Å². The fraction of sp³-hybridized carbons (Fsp3) is 0.368. The van der Waals surface area contributed by atoms with Crippen LogP contribution < -0.4 is 24.3 Å². The van der Waals surface area contributed by atoms with E-state index >= 15 is 0 Å². The van der Waals surface area contributed by atoms with Gasteiger partial charge in [-0.1, -0.05) is 12.1 Å². The molecule has 25 heavy (non-hydrogen) atoms. The molecule has 0 atom stereocenters. The minimum atomic E-state index is -0.307. The van der Waals surface area contributed by atoms with Crippen molar-refractivity contribution in [3.05, 3.63) is 47.3 Å². The van der Waals surface area contributed by atoms with Gasteiger partial charge in [-0.05, 0) is 30.7 Å². The van der Waals surface area contributed by atoms with Crippen LogP contribution in [0.4, 0.5) is 4.39 Å². The Kier molecular flexibility index (Phi) is 6.89. The van der Waals surface area contributed by atoms with Crippen LogP contribution in [0.15, 0.2) is 30.3 Å². The SMILES string of the molecule is COc1cc(F)c(CCNCc2cccc(OC)c2OC)cc1OC. The van der Waals surface area contributed by atoms with Crippen molar-refractivity contribution in [2.24, 2.45) is 0 Å². The molecule has 136 valence electrons. The van der Waals surface area contributed by atoms with Crippen molar-refractivity contribution >= 4 is 0 Å². The minimum Gasteiger partial charge on any atom is -0.493 e. The summed E-state index contributed by atoms with van der Waals surface area (Å²) in [7, 11) is 6.24. The molecule has 2 aromatic rings. The molecule has 0 amide bonds. The molecular formula is C19H24FNO4. The van der Waals surface area contributed by atoms with Gasteiger partial charge in [-0.25, -0.2) is 4.39 Å². The molecule has 0 aliphatic rings. The summed E-state index contributed by atoms with van der Waals surface area (Å²) in [6, 6.07) is 8.74. The average molecular weight is 349 g/mol. The number of methoxy groups -OCH3 is 4. The fourth-order valence-corrected chi connectivity index (χ4v) is 2.63. The molecular weight excluding hydrogens is 325 g/mol. The third-order valence-corrected chi connectivity index (χ3v) is 3.92. The van der Waals surface area contributed by atoms with Crippen molar-refractivity contribution in [2.75, 3.05) is 35.0 Å². The zero-order valence-corrected chi connectivity index (χ0v) is 15.0. The monoisotopic (exact) mass is 349 g/mol. The van der Waals surface area contributed by atoms with Crippen LogP contribution in [0.3, 0.4) is 0 Å². The van der Waals surface area contributed by atoms with Gasteiger partial charge >= 0.3 is 0 Å². The van der Waals surface area contributed by atoms with Gasteiger partial charge in [-0.3, -0.25) is 0 Å². The summed E-state index contributed by atoms with van der Waals surface area (Å²) in [5, 5.41) is 3.30. The van der Waals surface area contributed by atoms with Crippen LogP contribution in [0.25, 0.3) is 0 Å². The molecule has 0 saturated heterocycles. The fourth-order valence-electron chi connectivity index (χ4n) is 2.63. The Hall–Kier alpha value is -2.47. The van der Waals surface area contributed by atoms with Crippen molar-refractivity contribution in [1.82, 2.24) is 5.32 Å². The third-order valence-electron chi connectivity index (χ3n) is 3.92. The van der Waals surface area contributed by atoms with Gasteiger partial charge in [0.05, 0.1) is 28.4 Å². The molecule has 0 fully saturated rings. The van der Waals surface area contributed by atoms with E-state index in [4.69, 9.17) is 18.9 Å². The first-order valence-electron chi connectivity index (χ1n) is 7.95. The van der Waals surface area contributed by atoms with Gasteiger partial charge in [0.25, 0.3) is 0 Å². The molecule has 6 heteroatoms. The lowest BCUT2D eigenvalue weighted by atomic mass is 10.1. The Morgan fingerprint density at radius 3 is 2.16 bits per heavy atom. The largest absolute Gasteiger partial charge is 0.493 e. The summed E-state index contributed by atoms with van der Waals surface area (Å²) in [5.74, 6) is 1.99. The quantitative estimate of drug-likeness (QED) is 0.705. The van der Waals surface area contributed by atoms with E-state index in [1.54, 1.807) is 20.3 Å². The lowest BCUT2D eigenvalue weighted by Gasteiger charge is -2.14. The number of para-hydroxylation sites is 1. The molecule has 0 aliphatic heterocycles. The van der Waals surface area contributed by atoms with Crippen molar-refractivity contribution in [3.63, 3.8) is 0 Å². The first-order valence-corrected chi connectivity index (χ1v) is 7.95. The van der Waals surface area contributed by atoms with Crippen molar-refractivity contribution in [3.8, 4) is 23.0 Å². The summed E-state index contributed by atoms with van der Waals surface area (Å²) >= 11 is 0. The van der Waals surface area contributed by atoms with Gasteiger partial charge in [0, 0.05) is 18.2 Å². The van der Waals surface area contributed by atoms with Crippen LogP contribution in [0, 0.1) is 5.82 Å². The standard InChI is InChI=1S/C19H24FNO4/c1-22-16-7-5-6-14(19(16)25-4)12-21-9-8-13-10-17(23-2)18(24-3)11-15(13)20/h5-7,10-11,21H,8-9,12H2,1-4H3. The molecule has 0 spiro atoms. The Balaban J connectivity index is 1.98. The number of benzene rings is 2.